The molecule has 0 aliphatic carbocycles. The lowest BCUT2D eigenvalue weighted by Gasteiger charge is -2.17. The topological polar surface area (TPSA) is 90.9 Å². The first kappa shape index (κ1) is 25.3. The molecule has 1 atom stereocenters. The van der Waals surface area contributed by atoms with E-state index in [-0.39, 0.29) is 54.0 Å². The van der Waals surface area contributed by atoms with E-state index in [4.69, 9.17) is 11.6 Å². The van der Waals surface area contributed by atoms with Crippen LogP contribution in [0.15, 0.2) is 34.2 Å². The van der Waals surface area contributed by atoms with E-state index in [1.54, 1.807) is 25.9 Å². The minimum absolute atomic E-state index is 0. The van der Waals surface area contributed by atoms with Gasteiger partial charge < -0.3 is 15.5 Å². The van der Waals surface area contributed by atoms with Crippen LogP contribution in [-0.2, 0) is 14.6 Å². The lowest BCUT2D eigenvalue weighted by molar-refractivity contribution is -0.127. The number of thioether (sulfide) groups is 1. The zero-order chi connectivity index (χ0) is 19.9. The van der Waals surface area contributed by atoms with Crippen LogP contribution in [0.2, 0.25) is 5.02 Å². The summed E-state index contributed by atoms with van der Waals surface area (Å²) in [6.45, 7) is 0.626. The first-order valence-electron chi connectivity index (χ1n) is 8.59. The highest BCUT2D eigenvalue weighted by atomic mass is 127. The van der Waals surface area contributed by atoms with Crippen LogP contribution in [0, 0.1) is 0 Å². The molecule has 1 saturated heterocycles. The molecule has 7 nitrogen and oxygen atoms in total. The summed E-state index contributed by atoms with van der Waals surface area (Å²) in [5, 5.41) is 7.01. The van der Waals surface area contributed by atoms with E-state index in [2.05, 4.69) is 15.6 Å². The summed E-state index contributed by atoms with van der Waals surface area (Å²) in [5.74, 6) is 1.40. The molecule has 1 amide bonds. The molecule has 0 radical (unpaired) electrons. The van der Waals surface area contributed by atoms with Gasteiger partial charge in [-0.05, 0) is 30.7 Å². The summed E-state index contributed by atoms with van der Waals surface area (Å²) in [4.78, 5) is 18.7. The molecule has 0 saturated carbocycles. The van der Waals surface area contributed by atoms with Crippen molar-refractivity contribution in [1.82, 2.24) is 15.5 Å². The molecular weight excluding hydrogens is 535 g/mol. The number of amides is 1. The summed E-state index contributed by atoms with van der Waals surface area (Å²) < 4.78 is 23.3. The maximum atomic E-state index is 11.8. The van der Waals surface area contributed by atoms with Gasteiger partial charge in [-0.25, -0.2) is 13.4 Å². The van der Waals surface area contributed by atoms with Crippen molar-refractivity contribution in [3.8, 4) is 0 Å². The Morgan fingerprint density at radius 1 is 1.32 bits per heavy atom. The summed E-state index contributed by atoms with van der Waals surface area (Å²) in [6.07, 6.45) is 0.546. The number of likely N-dealkylation sites (N-methyl/N-ethyl adjacent to an activating group) is 1. The first-order chi connectivity index (χ1) is 12.7. The van der Waals surface area contributed by atoms with Crippen molar-refractivity contribution in [1.29, 1.82) is 0 Å². The normalized spacial score (nSPS) is 18.2. The van der Waals surface area contributed by atoms with Crippen LogP contribution in [0.25, 0.3) is 0 Å². The fourth-order valence-corrected chi connectivity index (χ4v) is 4.98. The maximum Gasteiger partial charge on any atom is 0.243 e. The van der Waals surface area contributed by atoms with Gasteiger partial charge in [0, 0.05) is 42.4 Å². The summed E-state index contributed by atoms with van der Waals surface area (Å²) >= 11 is 7.55. The van der Waals surface area contributed by atoms with Crippen LogP contribution in [-0.4, -0.2) is 75.7 Å². The minimum Gasteiger partial charge on any atom is -0.356 e. The molecule has 0 bridgehead atoms. The SMILES string of the molecule is CN(C)C(=O)CN=C(NCCSc1ccc(Cl)cc1)NC1CCS(=O)(=O)C1.I. The van der Waals surface area contributed by atoms with Crippen molar-refractivity contribution < 1.29 is 13.2 Å². The molecule has 1 fully saturated rings. The van der Waals surface area contributed by atoms with Crippen LogP contribution >= 0.6 is 47.3 Å². The number of nitrogens with zero attached hydrogens (tertiary/aromatic N) is 2. The number of sulfone groups is 1. The fraction of sp³-hybridized carbons (Fsp3) is 0.529. The predicted octanol–water partition coefficient (Wildman–Crippen LogP) is 1.86. The van der Waals surface area contributed by atoms with Crippen LogP contribution in [0.3, 0.4) is 0 Å². The van der Waals surface area contributed by atoms with Crippen LogP contribution in [0.4, 0.5) is 0 Å². The number of hydrogen-bond donors (Lipinski definition) is 2. The number of nitrogens with one attached hydrogen (secondary N) is 2. The Bertz CT molecular complexity index is 773. The van der Waals surface area contributed by atoms with Crippen LogP contribution in [0.5, 0.6) is 0 Å². The summed E-state index contributed by atoms with van der Waals surface area (Å²) in [7, 11) is 0.357. The van der Waals surface area contributed by atoms with Crippen molar-refractivity contribution in [2.45, 2.75) is 17.4 Å². The minimum atomic E-state index is -2.99. The van der Waals surface area contributed by atoms with Crippen LogP contribution in [0.1, 0.15) is 6.42 Å². The summed E-state index contributed by atoms with van der Waals surface area (Å²) in [6, 6.07) is 7.43. The largest absolute Gasteiger partial charge is 0.356 e. The van der Waals surface area contributed by atoms with Gasteiger partial charge in [0.2, 0.25) is 5.91 Å². The van der Waals surface area contributed by atoms with Crippen LogP contribution < -0.4 is 10.6 Å². The van der Waals surface area contributed by atoms with E-state index in [0.717, 1.165) is 10.6 Å². The van der Waals surface area contributed by atoms with E-state index < -0.39 is 9.84 Å². The number of halogens is 2. The van der Waals surface area contributed by atoms with Crippen molar-refractivity contribution in [2.24, 2.45) is 4.99 Å². The molecule has 11 heteroatoms. The Balaban J connectivity index is 0.00000392. The highest BCUT2D eigenvalue weighted by Crippen LogP contribution is 2.19. The number of carbonyl (C=O) groups is 1. The zero-order valence-corrected chi connectivity index (χ0v) is 20.6. The second-order valence-electron chi connectivity index (χ2n) is 6.43. The van der Waals surface area contributed by atoms with Gasteiger partial charge in [-0.1, -0.05) is 11.6 Å². The number of hydrogen-bond acceptors (Lipinski definition) is 5. The smallest absolute Gasteiger partial charge is 0.243 e. The molecule has 1 aliphatic heterocycles. The van der Waals surface area contributed by atoms with E-state index in [0.29, 0.717) is 23.9 Å². The number of carbonyl (C=O) groups excluding carboxylic acids is 1. The number of guanidine groups is 1. The molecule has 1 heterocycles. The third kappa shape index (κ3) is 9.19. The van der Waals surface area contributed by atoms with Gasteiger partial charge in [-0.15, -0.1) is 35.7 Å². The third-order valence-electron chi connectivity index (χ3n) is 3.92. The first-order valence-corrected chi connectivity index (χ1v) is 11.8. The maximum absolute atomic E-state index is 11.8. The van der Waals surface area contributed by atoms with Gasteiger partial charge in [-0.2, -0.15) is 0 Å². The Kier molecular flexibility index (Phi) is 10.9. The molecule has 28 heavy (non-hydrogen) atoms. The summed E-state index contributed by atoms with van der Waals surface area (Å²) in [5.41, 5.74) is 0. The van der Waals surface area contributed by atoms with Gasteiger partial charge in [0.1, 0.15) is 6.54 Å². The molecule has 2 rings (SSSR count). The van der Waals surface area contributed by atoms with Crippen molar-refractivity contribution in [2.75, 3.05) is 44.4 Å². The van der Waals surface area contributed by atoms with E-state index in [9.17, 15) is 13.2 Å². The molecule has 0 spiro atoms. The van der Waals surface area contributed by atoms with Crippen molar-refractivity contribution in [3.63, 3.8) is 0 Å². The molecule has 1 aromatic rings. The van der Waals surface area contributed by atoms with Gasteiger partial charge >= 0.3 is 0 Å². The van der Waals surface area contributed by atoms with Gasteiger partial charge in [-0.3, -0.25) is 4.79 Å². The Morgan fingerprint density at radius 2 is 2.00 bits per heavy atom. The molecule has 1 aliphatic rings. The van der Waals surface area contributed by atoms with E-state index in [1.807, 2.05) is 24.3 Å². The van der Waals surface area contributed by atoms with Crippen molar-refractivity contribution >= 4 is 69.0 Å². The van der Waals surface area contributed by atoms with Gasteiger partial charge in [0.25, 0.3) is 0 Å². The van der Waals surface area contributed by atoms with E-state index >= 15 is 0 Å². The predicted molar refractivity (Wildman–Crippen MR) is 127 cm³/mol. The standard InChI is InChI=1S/C17H25ClN4O3S2.HI/c1-22(2)16(23)11-20-17(21-14-7-10-27(24,25)12-14)19-8-9-26-15-5-3-13(18)4-6-15;/h3-6,14H,7-12H2,1-2H3,(H2,19,20,21);1H. The zero-order valence-electron chi connectivity index (χ0n) is 15.9. The monoisotopic (exact) mass is 560 g/mol. The Morgan fingerprint density at radius 3 is 2.57 bits per heavy atom. The highest BCUT2D eigenvalue weighted by Gasteiger charge is 2.28. The Labute approximate surface area is 193 Å². The average Bonchev–Trinajstić information content (AvgIpc) is 2.95. The average molecular weight is 561 g/mol. The molecule has 1 aromatic carbocycles. The van der Waals surface area contributed by atoms with Crippen molar-refractivity contribution in [3.05, 3.63) is 29.3 Å². The second kappa shape index (κ2) is 12.1. The molecule has 0 aromatic heterocycles. The molecule has 158 valence electrons. The third-order valence-corrected chi connectivity index (χ3v) is 6.96. The number of aliphatic imine (C=N–C) groups is 1. The van der Waals surface area contributed by atoms with Gasteiger partial charge in [0.15, 0.2) is 15.8 Å². The Hall–Kier alpha value is -0.720. The molecule has 2 N–H and O–H groups in total. The quantitative estimate of drug-likeness (QED) is 0.174. The van der Waals surface area contributed by atoms with E-state index in [1.165, 1.54) is 4.90 Å². The number of benzene rings is 1. The lowest BCUT2D eigenvalue weighted by atomic mass is 10.3. The fourth-order valence-electron chi connectivity index (χ4n) is 2.41. The highest BCUT2D eigenvalue weighted by molar-refractivity contribution is 14.0. The lowest BCUT2D eigenvalue weighted by Crippen LogP contribution is -2.45. The molecular formula is C17H26ClIN4O3S2. The second-order valence-corrected chi connectivity index (χ2v) is 10.3. The molecule has 1 unspecified atom stereocenters. The van der Waals surface area contributed by atoms with Gasteiger partial charge in [0.05, 0.1) is 11.5 Å². The number of rotatable bonds is 7.